The predicted molar refractivity (Wildman–Crippen MR) is 59.1 cm³/mol. The standard InChI is InChI=1S/C9H11ClN2OS/c1-6(9(13)12-11)14-8-4-2-7(10)3-5-8/h2-6H,11H2,1H3,(H,12,13)/t6-/m0/s1. The molecule has 1 atom stereocenters. The number of nitrogens with one attached hydrogen (secondary N) is 1. The number of thioether (sulfide) groups is 1. The quantitative estimate of drug-likeness (QED) is 0.360. The molecule has 3 nitrogen and oxygen atoms in total. The van der Waals surface area contributed by atoms with Crippen LogP contribution >= 0.6 is 23.4 Å². The summed E-state index contributed by atoms with van der Waals surface area (Å²) in [6, 6.07) is 7.31. The average molecular weight is 231 g/mol. The van der Waals surface area contributed by atoms with Crippen LogP contribution in [-0.2, 0) is 4.79 Å². The minimum atomic E-state index is -0.207. The second-order valence-electron chi connectivity index (χ2n) is 2.72. The fourth-order valence-corrected chi connectivity index (χ4v) is 1.89. The number of hydrogen-bond acceptors (Lipinski definition) is 3. The summed E-state index contributed by atoms with van der Waals surface area (Å²) >= 11 is 7.16. The molecule has 0 radical (unpaired) electrons. The number of carbonyl (C=O) groups excluding carboxylic acids is 1. The van der Waals surface area contributed by atoms with Gasteiger partial charge in [-0.25, -0.2) is 5.84 Å². The molecule has 0 fully saturated rings. The van der Waals surface area contributed by atoms with E-state index >= 15 is 0 Å². The Kier molecular flexibility index (Phi) is 4.25. The maximum atomic E-state index is 11.1. The van der Waals surface area contributed by atoms with Crippen LogP contribution in [0, 0.1) is 0 Å². The zero-order valence-electron chi connectivity index (χ0n) is 7.66. The van der Waals surface area contributed by atoms with Crippen LogP contribution in [0.25, 0.3) is 0 Å². The molecule has 3 N–H and O–H groups in total. The molecule has 5 heteroatoms. The lowest BCUT2D eigenvalue weighted by Gasteiger charge is -2.08. The fraction of sp³-hybridized carbons (Fsp3) is 0.222. The number of nitrogens with two attached hydrogens (primary N) is 1. The number of amides is 1. The number of benzene rings is 1. The van der Waals surface area contributed by atoms with Gasteiger partial charge in [0.05, 0.1) is 5.25 Å². The molecule has 0 aliphatic heterocycles. The van der Waals surface area contributed by atoms with E-state index in [9.17, 15) is 4.79 Å². The Balaban J connectivity index is 2.60. The third kappa shape index (κ3) is 3.21. The number of carbonyl (C=O) groups is 1. The molecule has 14 heavy (non-hydrogen) atoms. The molecule has 1 aromatic carbocycles. The molecule has 1 aromatic rings. The van der Waals surface area contributed by atoms with E-state index in [1.165, 1.54) is 11.8 Å². The molecule has 0 spiro atoms. The van der Waals surface area contributed by atoms with Gasteiger partial charge in [0.1, 0.15) is 0 Å². The minimum Gasteiger partial charge on any atom is -0.293 e. The van der Waals surface area contributed by atoms with E-state index in [0.29, 0.717) is 5.02 Å². The van der Waals surface area contributed by atoms with Crippen molar-refractivity contribution in [1.82, 2.24) is 5.43 Å². The van der Waals surface area contributed by atoms with E-state index in [1.807, 2.05) is 12.1 Å². The van der Waals surface area contributed by atoms with Crippen LogP contribution in [0.2, 0.25) is 5.02 Å². The van der Waals surface area contributed by atoms with E-state index in [1.54, 1.807) is 19.1 Å². The summed E-state index contributed by atoms with van der Waals surface area (Å²) in [5.41, 5.74) is 2.11. The van der Waals surface area contributed by atoms with Crippen molar-refractivity contribution >= 4 is 29.3 Å². The normalized spacial score (nSPS) is 12.2. The van der Waals surface area contributed by atoms with Gasteiger partial charge in [-0.2, -0.15) is 0 Å². The largest absolute Gasteiger partial charge is 0.293 e. The summed E-state index contributed by atoms with van der Waals surface area (Å²) in [6.07, 6.45) is 0. The Morgan fingerprint density at radius 3 is 2.57 bits per heavy atom. The first kappa shape index (κ1) is 11.4. The fourth-order valence-electron chi connectivity index (χ4n) is 0.888. The summed E-state index contributed by atoms with van der Waals surface area (Å²) in [6.45, 7) is 1.79. The minimum absolute atomic E-state index is 0.190. The van der Waals surface area contributed by atoms with Gasteiger partial charge in [0.25, 0.3) is 0 Å². The topological polar surface area (TPSA) is 55.1 Å². The van der Waals surface area contributed by atoms with Crippen molar-refractivity contribution in [1.29, 1.82) is 0 Å². The maximum absolute atomic E-state index is 11.1. The number of hydrazine groups is 1. The highest BCUT2D eigenvalue weighted by Crippen LogP contribution is 2.24. The molecule has 1 rings (SSSR count). The van der Waals surface area contributed by atoms with E-state index in [-0.39, 0.29) is 11.2 Å². The summed E-state index contributed by atoms with van der Waals surface area (Å²) in [7, 11) is 0. The monoisotopic (exact) mass is 230 g/mol. The van der Waals surface area contributed by atoms with Gasteiger partial charge in [0, 0.05) is 9.92 Å². The smallest absolute Gasteiger partial charge is 0.247 e. The van der Waals surface area contributed by atoms with E-state index in [4.69, 9.17) is 17.4 Å². The van der Waals surface area contributed by atoms with Crippen LogP contribution in [0.15, 0.2) is 29.2 Å². The first-order valence-corrected chi connectivity index (χ1v) is 5.32. The second-order valence-corrected chi connectivity index (χ2v) is 4.57. The number of hydrogen-bond donors (Lipinski definition) is 2. The van der Waals surface area contributed by atoms with Crippen molar-refractivity contribution in [3.05, 3.63) is 29.3 Å². The van der Waals surface area contributed by atoms with Crippen molar-refractivity contribution in [2.45, 2.75) is 17.1 Å². The van der Waals surface area contributed by atoms with E-state index in [0.717, 1.165) is 4.90 Å². The summed E-state index contributed by atoms with van der Waals surface area (Å²) in [5, 5.41) is 0.478. The van der Waals surface area contributed by atoms with Gasteiger partial charge in [-0.05, 0) is 31.2 Å². The molecule has 0 aliphatic rings. The van der Waals surface area contributed by atoms with Gasteiger partial charge < -0.3 is 0 Å². The van der Waals surface area contributed by atoms with Gasteiger partial charge >= 0.3 is 0 Å². The molecule has 0 saturated carbocycles. The molecular weight excluding hydrogens is 220 g/mol. The van der Waals surface area contributed by atoms with Crippen molar-refractivity contribution in [2.24, 2.45) is 5.84 Å². The second kappa shape index (κ2) is 5.24. The van der Waals surface area contributed by atoms with Crippen molar-refractivity contribution in [3.8, 4) is 0 Å². The van der Waals surface area contributed by atoms with Crippen LogP contribution in [0.5, 0.6) is 0 Å². The molecule has 76 valence electrons. The first-order chi connectivity index (χ1) is 6.63. The molecular formula is C9H11ClN2OS. The SMILES string of the molecule is C[C@H](Sc1ccc(Cl)cc1)C(=O)NN. The van der Waals surface area contributed by atoms with Crippen molar-refractivity contribution in [2.75, 3.05) is 0 Å². The Bertz CT molecular complexity index is 315. The molecule has 0 saturated heterocycles. The number of halogens is 1. The summed E-state index contributed by atoms with van der Waals surface area (Å²) in [5.74, 6) is 4.83. The van der Waals surface area contributed by atoms with Gasteiger partial charge in [-0.3, -0.25) is 10.2 Å². The molecule has 1 amide bonds. The zero-order valence-corrected chi connectivity index (χ0v) is 9.23. The van der Waals surface area contributed by atoms with Crippen LogP contribution in [-0.4, -0.2) is 11.2 Å². The van der Waals surface area contributed by atoms with Gasteiger partial charge in [0.2, 0.25) is 5.91 Å². The van der Waals surface area contributed by atoms with E-state index < -0.39 is 0 Å². The van der Waals surface area contributed by atoms with Crippen LogP contribution < -0.4 is 11.3 Å². The summed E-state index contributed by atoms with van der Waals surface area (Å²) in [4.78, 5) is 12.1. The van der Waals surface area contributed by atoms with Crippen molar-refractivity contribution < 1.29 is 4.79 Å². The number of rotatable bonds is 3. The van der Waals surface area contributed by atoms with Crippen LogP contribution in [0.3, 0.4) is 0 Å². The maximum Gasteiger partial charge on any atom is 0.247 e. The lowest BCUT2D eigenvalue weighted by Crippen LogP contribution is -2.36. The Morgan fingerprint density at radius 2 is 2.07 bits per heavy atom. The van der Waals surface area contributed by atoms with Gasteiger partial charge in [-0.15, -0.1) is 11.8 Å². The van der Waals surface area contributed by atoms with Crippen molar-refractivity contribution in [3.63, 3.8) is 0 Å². The molecule has 0 bridgehead atoms. The molecule has 0 aliphatic carbocycles. The summed E-state index contributed by atoms with van der Waals surface area (Å²) < 4.78 is 0. The third-order valence-electron chi connectivity index (χ3n) is 1.64. The zero-order chi connectivity index (χ0) is 10.6. The molecule has 0 unspecified atom stereocenters. The van der Waals surface area contributed by atoms with Crippen LogP contribution in [0.4, 0.5) is 0 Å². The van der Waals surface area contributed by atoms with Gasteiger partial charge in [0.15, 0.2) is 0 Å². The highest BCUT2D eigenvalue weighted by atomic mass is 35.5. The van der Waals surface area contributed by atoms with Gasteiger partial charge in [-0.1, -0.05) is 11.6 Å². The first-order valence-electron chi connectivity index (χ1n) is 4.06. The molecule has 0 aromatic heterocycles. The lowest BCUT2D eigenvalue weighted by atomic mass is 10.4. The predicted octanol–water partition coefficient (Wildman–Crippen LogP) is 1.81. The van der Waals surface area contributed by atoms with Crippen LogP contribution in [0.1, 0.15) is 6.92 Å². The molecule has 0 heterocycles. The average Bonchev–Trinajstić information content (AvgIpc) is 2.20. The highest BCUT2D eigenvalue weighted by Gasteiger charge is 2.12. The Hall–Kier alpha value is -0.710. The Morgan fingerprint density at radius 1 is 1.50 bits per heavy atom. The highest BCUT2D eigenvalue weighted by molar-refractivity contribution is 8.00. The lowest BCUT2D eigenvalue weighted by molar-refractivity contribution is -0.120. The van der Waals surface area contributed by atoms with E-state index in [2.05, 4.69) is 5.43 Å². The Labute approximate surface area is 92.0 Å². The third-order valence-corrected chi connectivity index (χ3v) is 3.00.